The Bertz CT molecular complexity index is 757. The molecule has 0 aromatic heterocycles. The van der Waals surface area contributed by atoms with Gasteiger partial charge in [0.1, 0.15) is 23.3 Å². The Labute approximate surface area is 154 Å². The summed E-state index contributed by atoms with van der Waals surface area (Å²) in [5, 5.41) is 5.62. The highest BCUT2D eigenvalue weighted by molar-refractivity contribution is 5.96. The molecule has 146 valence electrons. The van der Waals surface area contributed by atoms with Crippen molar-refractivity contribution in [2.45, 2.75) is 19.3 Å². The van der Waals surface area contributed by atoms with E-state index in [9.17, 15) is 18.0 Å². The van der Waals surface area contributed by atoms with Crippen LogP contribution in [0.25, 0.3) is 0 Å². The van der Waals surface area contributed by atoms with Crippen LogP contribution in [0.4, 0.5) is 24.5 Å². The van der Waals surface area contributed by atoms with Crippen molar-refractivity contribution < 1.29 is 32.2 Å². The molecule has 0 unspecified atom stereocenters. The molecule has 0 bridgehead atoms. The molecule has 0 radical (unpaired) electrons. The molecule has 0 saturated heterocycles. The SMILES string of the molecule is COc1cc(N[C@@H](C)C(=O)Nc2ccc(OC(F)(F)F)cc2)cc(OC)c1. The van der Waals surface area contributed by atoms with Crippen molar-refractivity contribution in [2.24, 2.45) is 0 Å². The summed E-state index contributed by atoms with van der Waals surface area (Å²) in [6, 6.07) is 9.35. The summed E-state index contributed by atoms with van der Waals surface area (Å²) in [4.78, 5) is 12.3. The molecule has 27 heavy (non-hydrogen) atoms. The lowest BCUT2D eigenvalue weighted by atomic mass is 10.2. The molecule has 2 N–H and O–H groups in total. The second-order valence-corrected chi connectivity index (χ2v) is 5.53. The van der Waals surface area contributed by atoms with Crippen molar-refractivity contribution >= 4 is 17.3 Å². The van der Waals surface area contributed by atoms with Gasteiger partial charge in [0.15, 0.2) is 0 Å². The quantitative estimate of drug-likeness (QED) is 0.754. The lowest BCUT2D eigenvalue weighted by Crippen LogP contribution is -2.31. The Morgan fingerprint density at radius 1 is 0.926 bits per heavy atom. The van der Waals surface area contributed by atoms with Crippen LogP contribution in [0.2, 0.25) is 0 Å². The van der Waals surface area contributed by atoms with Gasteiger partial charge in [-0.25, -0.2) is 0 Å². The molecule has 0 saturated carbocycles. The molecule has 0 aliphatic carbocycles. The van der Waals surface area contributed by atoms with E-state index in [0.717, 1.165) is 12.1 Å². The number of carbonyl (C=O) groups is 1. The molecule has 0 spiro atoms. The Hall–Kier alpha value is -3.10. The van der Waals surface area contributed by atoms with E-state index in [1.807, 2.05) is 0 Å². The fourth-order valence-electron chi connectivity index (χ4n) is 2.20. The average Bonchev–Trinajstić information content (AvgIpc) is 2.61. The van der Waals surface area contributed by atoms with E-state index in [-0.39, 0.29) is 11.7 Å². The largest absolute Gasteiger partial charge is 0.573 e. The number of ether oxygens (including phenoxy) is 3. The van der Waals surface area contributed by atoms with Crippen molar-refractivity contribution in [1.82, 2.24) is 0 Å². The summed E-state index contributed by atoms with van der Waals surface area (Å²) >= 11 is 0. The molecule has 2 rings (SSSR count). The second-order valence-electron chi connectivity index (χ2n) is 5.53. The van der Waals surface area contributed by atoms with Gasteiger partial charge in [0, 0.05) is 29.6 Å². The van der Waals surface area contributed by atoms with E-state index < -0.39 is 12.4 Å². The molecule has 1 atom stereocenters. The number of carbonyl (C=O) groups excluding carboxylic acids is 1. The van der Waals surface area contributed by atoms with Crippen LogP contribution in [0.1, 0.15) is 6.92 Å². The summed E-state index contributed by atoms with van der Waals surface area (Å²) in [5.41, 5.74) is 0.953. The molecule has 0 fully saturated rings. The maximum atomic E-state index is 12.3. The maximum absolute atomic E-state index is 12.3. The average molecular weight is 384 g/mol. The first-order valence-corrected chi connectivity index (χ1v) is 7.86. The molecule has 1 amide bonds. The van der Waals surface area contributed by atoms with Crippen molar-refractivity contribution in [2.75, 3.05) is 24.9 Å². The van der Waals surface area contributed by atoms with Crippen LogP contribution in [0.3, 0.4) is 0 Å². The predicted molar refractivity (Wildman–Crippen MR) is 94.4 cm³/mol. The summed E-state index contributed by atoms with van der Waals surface area (Å²) in [7, 11) is 3.03. The number of benzene rings is 2. The number of anilines is 2. The summed E-state index contributed by atoms with van der Waals surface area (Å²) in [6.07, 6.45) is -4.76. The normalized spacial score (nSPS) is 12.1. The third-order valence-electron chi connectivity index (χ3n) is 3.48. The van der Waals surface area contributed by atoms with Crippen LogP contribution in [0.15, 0.2) is 42.5 Å². The fraction of sp³-hybridized carbons (Fsp3) is 0.278. The van der Waals surface area contributed by atoms with E-state index in [1.165, 1.54) is 26.4 Å². The van der Waals surface area contributed by atoms with Crippen LogP contribution in [0, 0.1) is 0 Å². The van der Waals surface area contributed by atoms with Gasteiger partial charge >= 0.3 is 6.36 Å². The second kappa shape index (κ2) is 8.52. The minimum Gasteiger partial charge on any atom is -0.497 e. The lowest BCUT2D eigenvalue weighted by molar-refractivity contribution is -0.274. The van der Waals surface area contributed by atoms with E-state index in [2.05, 4.69) is 15.4 Å². The highest BCUT2D eigenvalue weighted by atomic mass is 19.4. The first-order valence-electron chi connectivity index (χ1n) is 7.86. The number of amides is 1. The van der Waals surface area contributed by atoms with E-state index in [1.54, 1.807) is 25.1 Å². The Balaban J connectivity index is 1.99. The van der Waals surface area contributed by atoms with Gasteiger partial charge in [-0.1, -0.05) is 0 Å². The number of nitrogens with one attached hydrogen (secondary N) is 2. The number of hydrogen-bond donors (Lipinski definition) is 2. The third kappa shape index (κ3) is 6.28. The third-order valence-corrected chi connectivity index (χ3v) is 3.48. The van der Waals surface area contributed by atoms with Gasteiger partial charge < -0.3 is 24.8 Å². The first kappa shape index (κ1) is 20.2. The molecule has 2 aromatic rings. The van der Waals surface area contributed by atoms with Crippen LogP contribution in [-0.2, 0) is 4.79 Å². The smallest absolute Gasteiger partial charge is 0.497 e. The number of methoxy groups -OCH3 is 2. The Kier molecular flexibility index (Phi) is 6.38. The van der Waals surface area contributed by atoms with Gasteiger partial charge in [-0.15, -0.1) is 13.2 Å². The van der Waals surface area contributed by atoms with Crippen molar-refractivity contribution in [3.63, 3.8) is 0 Å². The van der Waals surface area contributed by atoms with Gasteiger partial charge in [0.05, 0.1) is 14.2 Å². The zero-order valence-electron chi connectivity index (χ0n) is 14.9. The number of alkyl halides is 3. The molecule has 0 aliphatic heterocycles. The van der Waals surface area contributed by atoms with E-state index in [4.69, 9.17) is 9.47 Å². The zero-order chi connectivity index (χ0) is 20.0. The summed E-state index contributed by atoms with van der Waals surface area (Å²) in [6.45, 7) is 1.64. The predicted octanol–water partition coefficient (Wildman–Crippen LogP) is 4.04. The Morgan fingerprint density at radius 2 is 1.48 bits per heavy atom. The van der Waals surface area contributed by atoms with Gasteiger partial charge in [-0.3, -0.25) is 4.79 Å². The van der Waals surface area contributed by atoms with E-state index >= 15 is 0 Å². The molecule has 0 aliphatic rings. The number of rotatable bonds is 7. The van der Waals surface area contributed by atoms with Crippen LogP contribution >= 0.6 is 0 Å². The number of halogens is 3. The highest BCUT2D eigenvalue weighted by Crippen LogP contribution is 2.27. The summed E-state index contributed by atoms with van der Waals surface area (Å²) < 4.78 is 50.6. The Morgan fingerprint density at radius 3 is 1.96 bits per heavy atom. The van der Waals surface area contributed by atoms with Gasteiger partial charge in [0.2, 0.25) is 5.91 Å². The van der Waals surface area contributed by atoms with Gasteiger partial charge in [-0.05, 0) is 31.2 Å². The number of hydrogen-bond acceptors (Lipinski definition) is 5. The summed E-state index contributed by atoms with van der Waals surface area (Å²) in [5.74, 6) is 0.380. The molecule has 2 aromatic carbocycles. The van der Waals surface area contributed by atoms with Crippen LogP contribution in [-0.4, -0.2) is 32.5 Å². The highest BCUT2D eigenvalue weighted by Gasteiger charge is 2.31. The standard InChI is InChI=1S/C18H19F3N2O4/c1-11(22-13-8-15(25-2)10-16(9-13)26-3)17(24)23-12-4-6-14(7-5-12)27-18(19,20)21/h4-11,22H,1-3H3,(H,23,24)/t11-/m0/s1. The molecule has 0 heterocycles. The lowest BCUT2D eigenvalue weighted by Gasteiger charge is -2.17. The topological polar surface area (TPSA) is 68.8 Å². The molecule has 9 heteroatoms. The van der Waals surface area contributed by atoms with Crippen molar-refractivity contribution in [3.8, 4) is 17.2 Å². The minimum absolute atomic E-state index is 0.339. The zero-order valence-corrected chi connectivity index (χ0v) is 14.9. The van der Waals surface area contributed by atoms with Gasteiger partial charge in [0.25, 0.3) is 0 Å². The van der Waals surface area contributed by atoms with Crippen molar-refractivity contribution in [1.29, 1.82) is 0 Å². The van der Waals surface area contributed by atoms with E-state index in [0.29, 0.717) is 22.9 Å². The van der Waals surface area contributed by atoms with Crippen LogP contribution in [0.5, 0.6) is 17.2 Å². The molecular weight excluding hydrogens is 365 g/mol. The monoisotopic (exact) mass is 384 g/mol. The molecular formula is C18H19F3N2O4. The van der Waals surface area contributed by atoms with Gasteiger partial charge in [-0.2, -0.15) is 0 Å². The van der Waals surface area contributed by atoms with Crippen LogP contribution < -0.4 is 24.8 Å². The first-order chi connectivity index (χ1) is 12.7. The maximum Gasteiger partial charge on any atom is 0.573 e. The molecule has 6 nitrogen and oxygen atoms in total. The fourth-order valence-corrected chi connectivity index (χ4v) is 2.20. The van der Waals surface area contributed by atoms with Crippen molar-refractivity contribution in [3.05, 3.63) is 42.5 Å². The minimum atomic E-state index is -4.76.